The molecule has 4 heteroatoms. The second-order valence-electron chi connectivity index (χ2n) is 9.49. The number of benzene rings is 2. The van der Waals surface area contributed by atoms with Gasteiger partial charge in [-0.1, -0.05) is 58.0 Å². The molecule has 0 saturated heterocycles. The first-order chi connectivity index (χ1) is 15.7. The van der Waals surface area contributed by atoms with E-state index in [-0.39, 0.29) is 18.6 Å². The van der Waals surface area contributed by atoms with Crippen LogP contribution in [0.5, 0.6) is 5.75 Å². The molecule has 0 unspecified atom stereocenters. The molecule has 0 amide bonds. The van der Waals surface area contributed by atoms with E-state index in [1.54, 1.807) is 0 Å². The average molecular weight is 457 g/mol. The SMILES string of the molecule is CCC(O)(CC)CCc1ccc(C(CC)(CC)c2ccc(OC[C@@H](O)CO)c(C)c2)cc1C. The highest BCUT2D eigenvalue weighted by molar-refractivity contribution is 5.47. The van der Waals surface area contributed by atoms with E-state index in [9.17, 15) is 10.2 Å². The van der Waals surface area contributed by atoms with Crippen molar-refractivity contribution < 1.29 is 20.1 Å². The summed E-state index contributed by atoms with van der Waals surface area (Å²) >= 11 is 0. The van der Waals surface area contributed by atoms with Crippen molar-refractivity contribution in [2.45, 2.75) is 97.2 Å². The largest absolute Gasteiger partial charge is 0.491 e. The topological polar surface area (TPSA) is 69.9 Å². The lowest BCUT2D eigenvalue weighted by molar-refractivity contribution is 0.0239. The first kappa shape index (κ1) is 27.4. The number of rotatable bonds is 13. The van der Waals surface area contributed by atoms with Crippen molar-refractivity contribution >= 4 is 0 Å². The zero-order chi connectivity index (χ0) is 24.6. The molecule has 0 radical (unpaired) electrons. The van der Waals surface area contributed by atoms with Crippen molar-refractivity contribution in [1.29, 1.82) is 0 Å². The molecule has 4 nitrogen and oxygen atoms in total. The Hall–Kier alpha value is -1.88. The van der Waals surface area contributed by atoms with E-state index in [1.807, 2.05) is 13.0 Å². The summed E-state index contributed by atoms with van der Waals surface area (Å²) in [6.45, 7) is 12.6. The molecule has 2 aromatic rings. The Kier molecular flexibility index (Phi) is 9.96. The maximum Gasteiger partial charge on any atom is 0.122 e. The van der Waals surface area contributed by atoms with Crippen molar-refractivity contribution in [3.63, 3.8) is 0 Å². The first-order valence-electron chi connectivity index (χ1n) is 12.5. The number of aliphatic hydroxyl groups excluding tert-OH is 2. The summed E-state index contributed by atoms with van der Waals surface area (Å²) in [6, 6.07) is 13.1. The summed E-state index contributed by atoms with van der Waals surface area (Å²) in [5, 5.41) is 29.3. The molecule has 0 saturated carbocycles. The first-order valence-corrected chi connectivity index (χ1v) is 12.5. The maximum absolute atomic E-state index is 10.7. The van der Waals surface area contributed by atoms with Gasteiger partial charge >= 0.3 is 0 Å². The summed E-state index contributed by atoms with van der Waals surface area (Å²) in [7, 11) is 0. The summed E-state index contributed by atoms with van der Waals surface area (Å²) in [4.78, 5) is 0. The number of hydrogen-bond donors (Lipinski definition) is 3. The van der Waals surface area contributed by atoms with Crippen molar-refractivity contribution in [1.82, 2.24) is 0 Å². The number of ether oxygens (including phenoxy) is 1. The lowest BCUT2D eigenvalue weighted by atomic mass is 9.69. The molecule has 3 N–H and O–H groups in total. The van der Waals surface area contributed by atoms with Crippen LogP contribution in [0.4, 0.5) is 0 Å². The van der Waals surface area contributed by atoms with Gasteiger partial charge in [0.15, 0.2) is 0 Å². The highest BCUT2D eigenvalue weighted by Crippen LogP contribution is 2.41. The third-order valence-electron chi connectivity index (χ3n) is 7.65. The third kappa shape index (κ3) is 6.38. The Morgan fingerprint density at radius 1 is 0.848 bits per heavy atom. The van der Waals surface area contributed by atoms with E-state index in [1.165, 1.54) is 22.3 Å². The van der Waals surface area contributed by atoms with Gasteiger partial charge in [0.05, 0.1) is 12.2 Å². The molecule has 33 heavy (non-hydrogen) atoms. The van der Waals surface area contributed by atoms with E-state index in [4.69, 9.17) is 9.84 Å². The van der Waals surface area contributed by atoms with Crippen LogP contribution in [-0.2, 0) is 11.8 Å². The minimum absolute atomic E-state index is 0.0786. The molecular weight excluding hydrogens is 412 g/mol. The molecule has 184 valence electrons. The normalized spacial score (nSPS) is 13.2. The fourth-order valence-corrected chi connectivity index (χ4v) is 4.83. The van der Waals surface area contributed by atoms with Gasteiger partial charge in [0.25, 0.3) is 0 Å². The van der Waals surface area contributed by atoms with Gasteiger partial charge < -0.3 is 20.1 Å². The van der Waals surface area contributed by atoms with Gasteiger partial charge in [-0.05, 0) is 86.3 Å². The van der Waals surface area contributed by atoms with E-state index in [0.717, 1.165) is 49.8 Å². The van der Waals surface area contributed by atoms with E-state index in [0.29, 0.717) is 0 Å². The predicted molar refractivity (Wildman–Crippen MR) is 136 cm³/mol. The Balaban J connectivity index is 2.33. The van der Waals surface area contributed by atoms with Crippen molar-refractivity contribution in [2.75, 3.05) is 13.2 Å². The second kappa shape index (κ2) is 12.0. The molecule has 0 spiro atoms. The summed E-state index contributed by atoms with van der Waals surface area (Å²) < 4.78 is 5.71. The zero-order valence-electron chi connectivity index (χ0n) is 21.4. The molecule has 0 heterocycles. The molecule has 2 rings (SSSR count). The maximum atomic E-state index is 10.7. The van der Waals surface area contributed by atoms with Gasteiger partial charge in [-0.15, -0.1) is 0 Å². The monoisotopic (exact) mass is 456 g/mol. The van der Waals surface area contributed by atoms with Crippen LogP contribution in [0, 0.1) is 13.8 Å². The number of hydrogen-bond acceptors (Lipinski definition) is 4. The van der Waals surface area contributed by atoms with Gasteiger partial charge in [-0.25, -0.2) is 0 Å². The molecule has 0 aromatic heterocycles. The Labute approximate surface area is 200 Å². The predicted octanol–water partition coefficient (Wildman–Crippen LogP) is 5.63. The van der Waals surface area contributed by atoms with E-state index in [2.05, 4.69) is 65.0 Å². The minimum Gasteiger partial charge on any atom is -0.491 e. The summed E-state index contributed by atoms with van der Waals surface area (Å²) in [5.74, 6) is 0.734. The van der Waals surface area contributed by atoms with Gasteiger partial charge in [-0.2, -0.15) is 0 Å². The van der Waals surface area contributed by atoms with Crippen molar-refractivity contribution in [3.05, 3.63) is 64.2 Å². The molecule has 2 aromatic carbocycles. The Bertz CT molecular complexity index is 881. The second-order valence-corrected chi connectivity index (χ2v) is 9.49. The van der Waals surface area contributed by atoms with Crippen LogP contribution in [0.25, 0.3) is 0 Å². The number of aryl methyl sites for hydroxylation is 3. The van der Waals surface area contributed by atoms with Crippen LogP contribution >= 0.6 is 0 Å². The molecular formula is C29H44O4. The summed E-state index contributed by atoms with van der Waals surface area (Å²) in [5.41, 5.74) is 5.53. The standard InChI is InChI=1S/C29H44O4/c1-7-28(32,8-2)16-15-23-11-12-24(17-21(23)5)29(9-3,10-4)25-13-14-27(22(6)18-25)33-20-26(31)19-30/h11-14,17-18,26,30-32H,7-10,15-16,19-20H2,1-6H3/t26-/m0/s1. The quantitative estimate of drug-likeness (QED) is 0.366. The lowest BCUT2D eigenvalue weighted by Gasteiger charge is -2.34. The fourth-order valence-electron chi connectivity index (χ4n) is 4.83. The Morgan fingerprint density at radius 3 is 1.91 bits per heavy atom. The number of aliphatic hydroxyl groups is 3. The zero-order valence-corrected chi connectivity index (χ0v) is 21.4. The van der Waals surface area contributed by atoms with Gasteiger partial charge in [0.1, 0.15) is 18.5 Å². The van der Waals surface area contributed by atoms with E-state index >= 15 is 0 Å². The molecule has 0 aliphatic heterocycles. The highest BCUT2D eigenvalue weighted by Gasteiger charge is 2.31. The molecule has 0 aliphatic rings. The molecule has 0 aliphatic carbocycles. The molecule has 0 bridgehead atoms. The Morgan fingerprint density at radius 2 is 1.42 bits per heavy atom. The van der Waals surface area contributed by atoms with Crippen molar-refractivity contribution in [2.24, 2.45) is 0 Å². The van der Waals surface area contributed by atoms with Crippen LogP contribution in [0.15, 0.2) is 36.4 Å². The van der Waals surface area contributed by atoms with Crippen LogP contribution in [0.1, 0.15) is 87.6 Å². The van der Waals surface area contributed by atoms with Gasteiger partial charge in [0.2, 0.25) is 0 Å². The van der Waals surface area contributed by atoms with Gasteiger partial charge in [-0.3, -0.25) is 0 Å². The fraction of sp³-hybridized carbons (Fsp3) is 0.586. The van der Waals surface area contributed by atoms with Crippen LogP contribution in [-0.4, -0.2) is 40.2 Å². The van der Waals surface area contributed by atoms with Crippen LogP contribution in [0.2, 0.25) is 0 Å². The van der Waals surface area contributed by atoms with Crippen LogP contribution < -0.4 is 4.74 Å². The average Bonchev–Trinajstić information content (AvgIpc) is 2.83. The molecule has 1 atom stereocenters. The third-order valence-corrected chi connectivity index (χ3v) is 7.65. The highest BCUT2D eigenvalue weighted by atomic mass is 16.5. The smallest absolute Gasteiger partial charge is 0.122 e. The van der Waals surface area contributed by atoms with Crippen molar-refractivity contribution in [3.8, 4) is 5.75 Å². The molecule has 0 fully saturated rings. The van der Waals surface area contributed by atoms with Gasteiger partial charge in [0, 0.05) is 5.41 Å². The van der Waals surface area contributed by atoms with E-state index < -0.39 is 11.7 Å². The summed E-state index contributed by atoms with van der Waals surface area (Å²) in [6.07, 6.45) is 4.34. The lowest BCUT2D eigenvalue weighted by Crippen LogP contribution is -2.28. The minimum atomic E-state index is -0.874. The van der Waals surface area contributed by atoms with Crippen LogP contribution in [0.3, 0.4) is 0 Å².